The lowest BCUT2D eigenvalue weighted by atomic mass is 9.85. The highest BCUT2D eigenvalue weighted by Gasteiger charge is 2.51. The monoisotopic (exact) mass is 489 g/mol. The normalized spacial score (nSPS) is 30.6. The number of pyridine rings is 1. The second-order valence-electron chi connectivity index (χ2n) is 11.0. The van der Waals surface area contributed by atoms with E-state index in [-0.39, 0.29) is 24.3 Å². The van der Waals surface area contributed by atoms with E-state index in [0.29, 0.717) is 29.8 Å². The van der Waals surface area contributed by atoms with E-state index in [1.54, 1.807) is 20.0 Å². The van der Waals surface area contributed by atoms with Crippen LogP contribution in [0.15, 0.2) is 24.4 Å². The van der Waals surface area contributed by atoms with Crippen molar-refractivity contribution >= 4 is 34.1 Å². The molecule has 1 amide bonds. The zero-order chi connectivity index (χ0) is 24.3. The van der Waals surface area contributed by atoms with Crippen LogP contribution >= 0.6 is 11.6 Å². The van der Waals surface area contributed by atoms with Crippen LogP contribution in [-0.2, 0) is 9.53 Å². The molecule has 0 bridgehead atoms. The van der Waals surface area contributed by atoms with Gasteiger partial charge in [0.25, 0.3) is 0 Å². The summed E-state index contributed by atoms with van der Waals surface area (Å²) in [6, 6.07) is 5.92. The van der Waals surface area contributed by atoms with E-state index in [1.807, 2.05) is 19.1 Å². The van der Waals surface area contributed by atoms with E-state index in [1.165, 1.54) is 0 Å². The molecule has 6 nitrogen and oxygen atoms in total. The zero-order valence-electron chi connectivity index (χ0n) is 20.0. The summed E-state index contributed by atoms with van der Waals surface area (Å²) >= 11 is 6.67. The second kappa shape index (κ2) is 8.70. The third kappa shape index (κ3) is 4.43. The van der Waals surface area contributed by atoms with Crippen molar-refractivity contribution in [2.45, 2.75) is 63.3 Å². The summed E-state index contributed by atoms with van der Waals surface area (Å²) in [5.41, 5.74) is -0.304. The van der Waals surface area contributed by atoms with Crippen LogP contribution < -0.4 is 5.32 Å². The van der Waals surface area contributed by atoms with E-state index in [4.69, 9.17) is 16.3 Å². The minimum absolute atomic E-state index is 0.0186. The Morgan fingerprint density at radius 2 is 2.03 bits per heavy atom. The van der Waals surface area contributed by atoms with E-state index in [0.717, 1.165) is 42.3 Å². The molecule has 2 N–H and O–H groups in total. The molecule has 3 heterocycles. The van der Waals surface area contributed by atoms with Crippen molar-refractivity contribution in [1.29, 1.82) is 0 Å². The third-order valence-electron chi connectivity index (χ3n) is 8.11. The van der Waals surface area contributed by atoms with Crippen LogP contribution in [0.25, 0.3) is 10.8 Å². The van der Waals surface area contributed by atoms with Crippen molar-refractivity contribution in [3.8, 4) is 0 Å². The second-order valence-corrected chi connectivity index (χ2v) is 11.4. The summed E-state index contributed by atoms with van der Waals surface area (Å²) in [6.45, 7) is 7.68. The number of alkyl halides is 1. The summed E-state index contributed by atoms with van der Waals surface area (Å²) in [5, 5.41) is 15.7. The van der Waals surface area contributed by atoms with Gasteiger partial charge >= 0.3 is 0 Å². The van der Waals surface area contributed by atoms with E-state index < -0.39 is 17.3 Å². The molecular weight excluding hydrogens is 457 g/mol. The summed E-state index contributed by atoms with van der Waals surface area (Å²) < 4.78 is 19.8. The number of halogens is 2. The lowest BCUT2D eigenvalue weighted by molar-refractivity contribution is -0.118. The van der Waals surface area contributed by atoms with Crippen LogP contribution in [-0.4, -0.2) is 64.5 Å². The smallest absolute Gasteiger partial charge is 0.229 e. The average molecular weight is 490 g/mol. The average Bonchev–Trinajstić information content (AvgIpc) is 3.54. The highest BCUT2D eigenvalue weighted by atomic mass is 35.5. The molecule has 2 aromatic rings. The van der Waals surface area contributed by atoms with Gasteiger partial charge in [0.05, 0.1) is 24.4 Å². The molecule has 1 saturated carbocycles. The summed E-state index contributed by atoms with van der Waals surface area (Å²) in [7, 11) is 0. The first-order chi connectivity index (χ1) is 16.1. The Morgan fingerprint density at radius 3 is 2.65 bits per heavy atom. The molecular formula is C26H33ClFN3O3. The van der Waals surface area contributed by atoms with Gasteiger partial charge in [0.2, 0.25) is 5.91 Å². The van der Waals surface area contributed by atoms with Crippen LogP contribution in [0.5, 0.6) is 0 Å². The summed E-state index contributed by atoms with van der Waals surface area (Å²) in [5.74, 6) is 0.498. The fourth-order valence-electron chi connectivity index (χ4n) is 5.68. The Bertz CT molecular complexity index is 1100. The number of nitrogens with zero attached hydrogens (tertiary/aromatic N) is 2. The minimum Gasteiger partial charge on any atom is -0.390 e. The maximum absolute atomic E-state index is 14.4. The number of carbonyl (C=O) groups is 1. The van der Waals surface area contributed by atoms with E-state index in [2.05, 4.69) is 21.3 Å². The number of amides is 1. The first-order valence-corrected chi connectivity index (χ1v) is 12.5. The predicted octanol–water partition coefficient (Wildman–Crippen LogP) is 4.54. The predicted molar refractivity (Wildman–Crippen MR) is 131 cm³/mol. The van der Waals surface area contributed by atoms with Crippen molar-refractivity contribution in [2.75, 3.05) is 31.6 Å². The Hall–Kier alpha value is -1.80. The van der Waals surface area contributed by atoms with E-state index in [9.17, 15) is 14.3 Å². The Kier molecular flexibility index (Phi) is 6.12. The molecule has 2 aliphatic heterocycles. The zero-order valence-corrected chi connectivity index (χ0v) is 20.7. The molecule has 5 rings (SSSR count). The number of piperidine rings is 1. The topological polar surface area (TPSA) is 74.7 Å². The Morgan fingerprint density at radius 1 is 1.29 bits per heavy atom. The molecule has 1 aromatic carbocycles. The van der Waals surface area contributed by atoms with E-state index >= 15 is 0 Å². The summed E-state index contributed by atoms with van der Waals surface area (Å²) in [4.78, 5) is 19.2. The van der Waals surface area contributed by atoms with Gasteiger partial charge in [-0.2, -0.15) is 0 Å². The van der Waals surface area contributed by atoms with Gasteiger partial charge in [-0.3, -0.25) is 9.69 Å². The molecule has 4 unspecified atom stereocenters. The number of hydrogen-bond acceptors (Lipinski definition) is 5. The molecule has 2 saturated heterocycles. The fourth-order valence-corrected chi connectivity index (χ4v) is 6.01. The largest absolute Gasteiger partial charge is 0.390 e. The third-order valence-corrected chi connectivity index (χ3v) is 8.44. The van der Waals surface area contributed by atoms with Gasteiger partial charge in [-0.1, -0.05) is 11.6 Å². The van der Waals surface area contributed by atoms with Gasteiger partial charge in [-0.15, -0.1) is 0 Å². The van der Waals surface area contributed by atoms with Gasteiger partial charge < -0.3 is 15.2 Å². The highest BCUT2D eigenvalue weighted by molar-refractivity contribution is 6.32. The van der Waals surface area contributed by atoms with Crippen LogP contribution in [0.2, 0.25) is 5.02 Å². The van der Waals surface area contributed by atoms with Crippen LogP contribution in [0.4, 0.5) is 10.2 Å². The fraction of sp³-hybridized carbons (Fsp3) is 0.615. The van der Waals surface area contributed by atoms with Gasteiger partial charge in [0.1, 0.15) is 12.0 Å². The number of fused-ring (bicyclic) bond motifs is 1. The van der Waals surface area contributed by atoms with Crippen molar-refractivity contribution < 1.29 is 19.0 Å². The number of carbonyl (C=O) groups excluding carboxylic acids is 1. The maximum atomic E-state index is 14.4. The number of benzene rings is 1. The van der Waals surface area contributed by atoms with Gasteiger partial charge in [0.15, 0.2) is 0 Å². The molecule has 0 spiro atoms. The number of likely N-dealkylation sites (tertiary alicyclic amines) is 1. The molecule has 3 fully saturated rings. The van der Waals surface area contributed by atoms with Gasteiger partial charge in [-0.05, 0) is 94.1 Å². The lowest BCUT2D eigenvalue weighted by Gasteiger charge is -2.43. The van der Waals surface area contributed by atoms with Gasteiger partial charge in [-0.25, -0.2) is 9.37 Å². The number of rotatable bonds is 5. The molecule has 0 radical (unpaired) electrons. The number of ether oxygens (including phenoxy) is 1. The Balaban J connectivity index is 1.29. The lowest BCUT2D eigenvalue weighted by Crippen LogP contribution is -2.55. The number of anilines is 1. The van der Waals surface area contributed by atoms with Crippen molar-refractivity contribution in [2.24, 2.45) is 11.8 Å². The summed E-state index contributed by atoms with van der Waals surface area (Å²) in [6.07, 6.45) is 3.27. The number of aliphatic hydroxyl groups is 1. The molecule has 4 atom stereocenters. The molecule has 184 valence electrons. The van der Waals surface area contributed by atoms with Crippen molar-refractivity contribution in [1.82, 2.24) is 9.88 Å². The van der Waals surface area contributed by atoms with Crippen molar-refractivity contribution in [3.05, 3.63) is 35.0 Å². The van der Waals surface area contributed by atoms with Crippen LogP contribution in [0.1, 0.15) is 51.5 Å². The number of hydrogen-bond donors (Lipinski definition) is 2. The van der Waals surface area contributed by atoms with Crippen LogP contribution in [0.3, 0.4) is 0 Å². The highest BCUT2D eigenvalue weighted by Crippen LogP contribution is 2.47. The number of nitrogens with one attached hydrogen (secondary N) is 1. The standard InChI is InChI=1S/C26H33ClFN3O3/c1-25(2,33)20-11-19(20)24(32)30-23-10-16-8-18(21(27)9-17(16)12-29-23)15-4-6-31(7-5-15)26(3)14-34-13-22(26)28/h8-10,12,15,19-20,22,33H,4-7,11,13-14H2,1-3H3,(H,29,30,32). The molecule has 1 aliphatic carbocycles. The van der Waals surface area contributed by atoms with Crippen molar-refractivity contribution in [3.63, 3.8) is 0 Å². The van der Waals surface area contributed by atoms with Crippen LogP contribution in [0, 0.1) is 11.8 Å². The first kappa shape index (κ1) is 23.9. The SMILES string of the molecule is CC(C)(O)C1CC1C(=O)Nc1cc2cc(C3CCN(C4(C)COCC4F)CC3)c(Cl)cc2cn1. The Labute approximate surface area is 204 Å². The maximum Gasteiger partial charge on any atom is 0.229 e. The molecule has 8 heteroatoms. The molecule has 3 aliphatic rings. The molecule has 1 aromatic heterocycles. The molecule has 34 heavy (non-hydrogen) atoms. The quantitative estimate of drug-likeness (QED) is 0.645. The first-order valence-electron chi connectivity index (χ1n) is 12.2. The minimum atomic E-state index is -0.955. The number of aromatic nitrogens is 1. The van der Waals surface area contributed by atoms with Gasteiger partial charge in [0, 0.05) is 22.5 Å².